The number of rotatable bonds is 3. The molecule has 1 N–H and O–H groups in total. The monoisotopic (exact) mass is 385 g/mol. The van der Waals surface area contributed by atoms with Gasteiger partial charge in [0.25, 0.3) is 5.91 Å². The van der Waals surface area contributed by atoms with Gasteiger partial charge < -0.3 is 10.2 Å². The summed E-state index contributed by atoms with van der Waals surface area (Å²) in [4.78, 5) is 20.6. The Kier molecular flexibility index (Phi) is 4.70. The van der Waals surface area contributed by atoms with Crippen LogP contribution in [-0.2, 0) is 6.42 Å². The molecular formula is C25H27N3O. The lowest BCUT2D eigenvalue weighted by molar-refractivity contribution is 0.0938. The third-order valence-electron chi connectivity index (χ3n) is 6.37. The lowest BCUT2D eigenvalue weighted by Gasteiger charge is -2.32. The molecule has 0 spiro atoms. The Balaban J connectivity index is 1.49. The molecule has 1 aliphatic carbocycles. The lowest BCUT2D eigenvalue weighted by atomic mass is 10.00. The summed E-state index contributed by atoms with van der Waals surface area (Å²) in [5.41, 5.74) is 4.22. The van der Waals surface area contributed by atoms with E-state index in [4.69, 9.17) is 4.98 Å². The molecule has 2 unspecified atom stereocenters. The summed E-state index contributed by atoms with van der Waals surface area (Å²) in [7, 11) is 0. The molecule has 3 aromatic rings. The van der Waals surface area contributed by atoms with Gasteiger partial charge in [0, 0.05) is 18.5 Å². The molecule has 1 fully saturated rings. The van der Waals surface area contributed by atoms with E-state index in [0.717, 1.165) is 48.2 Å². The first-order valence-corrected chi connectivity index (χ1v) is 10.7. The lowest BCUT2D eigenvalue weighted by Crippen LogP contribution is -2.35. The highest BCUT2D eigenvalue weighted by Gasteiger charge is 2.26. The van der Waals surface area contributed by atoms with Crippen molar-refractivity contribution in [1.29, 1.82) is 0 Å². The van der Waals surface area contributed by atoms with Gasteiger partial charge in [-0.15, -0.1) is 0 Å². The second-order valence-corrected chi connectivity index (χ2v) is 8.50. The average Bonchev–Trinajstić information content (AvgIpc) is 3.16. The van der Waals surface area contributed by atoms with Crippen LogP contribution in [0.25, 0.3) is 10.9 Å². The predicted molar refractivity (Wildman–Crippen MR) is 117 cm³/mol. The summed E-state index contributed by atoms with van der Waals surface area (Å²) in [5.74, 6) is 1.58. The average molecular weight is 386 g/mol. The van der Waals surface area contributed by atoms with Crippen LogP contribution in [0.5, 0.6) is 0 Å². The zero-order valence-electron chi connectivity index (χ0n) is 16.9. The number of hydrogen-bond acceptors (Lipinski definition) is 3. The van der Waals surface area contributed by atoms with E-state index in [1.807, 2.05) is 30.3 Å². The molecule has 4 nitrogen and oxygen atoms in total. The van der Waals surface area contributed by atoms with Crippen molar-refractivity contribution < 1.29 is 4.79 Å². The maximum Gasteiger partial charge on any atom is 0.252 e. The number of aromatic nitrogens is 1. The molecule has 0 bridgehead atoms. The number of nitrogens with one attached hydrogen (secondary N) is 1. The molecule has 148 valence electrons. The summed E-state index contributed by atoms with van der Waals surface area (Å²) in [5, 5.41) is 4.22. The normalized spacial score (nSPS) is 21.2. The zero-order valence-corrected chi connectivity index (χ0v) is 16.9. The molecule has 2 heterocycles. The van der Waals surface area contributed by atoms with Gasteiger partial charge in [0.05, 0.1) is 17.1 Å². The third-order valence-corrected chi connectivity index (χ3v) is 6.37. The smallest absolute Gasteiger partial charge is 0.252 e. The largest absolute Gasteiger partial charge is 0.356 e. The van der Waals surface area contributed by atoms with Crippen LogP contribution < -0.4 is 10.2 Å². The number of pyridine rings is 1. The molecule has 0 radical (unpaired) electrons. The van der Waals surface area contributed by atoms with Gasteiger partial charge in [0.2, 0.25) is 0 Å². The minimum Gasteiger partial charge on any atom is -0.356 e. The van der Waals surface area contributed by atoms with Crippen molar-refractivity contribution in [2.45, 2.75) is 38.6 Å². The van der Waals surface area contributed by atoms with Gasteiger partial charge in [-0.05, 0) is 54.9 Å². The topological polar surface area (TPSA) is 45.2 Å². The van der Waals surface area contributed by atoms with Crippen LogP contribution in [0.15, 0.2) is 54.6 Å². The zero-order chi connectivity index (χ0) is 19.8. The summed E-state index contributed by atoms with van der Waals surface area (Å²) in [6.07, 6.45) is 4.42. The van der Waals surface area contributed by atoms with Crippen LogP contribution in [0.1, 0.15) is 53.7 Å². The Morgan fingerprint density at radius 3 is 2.83 bits per heavy atom. The summed E-state index contributed by atoms with van der Waals surface area (Å²) in [6, 6.07) is 18.5. The van der Waals surface area contributed by atoms with Crippen molar-refractivity contribution in [3.05, 3.63) is 71.3 Å². The molecule has 0 saturated carbocycles. The van der Waals surface area contributed by atoms with Crippen molar-refractivity contribution >= 4 is 22.6 Å². The molecule has 1 saturated heterocycles. The number of anilines is 1. The van der Waals surface area contributed by atoms with Crippen LogP contribution in [0.4, 0.5) is 5.82 Å². The van der Waals surface area contributed by atoms with Crippen LogP contribution in [-0.4, -0.2) is 24.0 Å². The van der Waals surface area contributed by atoms with Gasteiger partial charge in [-0.3, -0.25) is 4.79 Å². The van der Waals surface area contributed by atoms with E-state index in [9.17, 15) is 4.79 Å². The van der Waals surface area contributed by atoms with Crippen molar-refractivity contribution in [1.82, 2.24) is 10.3 Å². The Labute approximate surface area is 171 Å². The third kappa shape index (κ3) is 3.48. The second-order valence-electron chi connectivity index (χ2n) is 8.50. The first kappa shape index (κ1) is 18.2. The van der Waals surface area contributed by atoms with E-state index >= 15 is 0 Å². The molecule has 1 amide bonds. The number of nitrogens with zero attached hydrogens (tertiary/aromatic N) is 2. The molecule has 4 heteroatoms. The van der Waals surface area contributed by atoms with Crippen LogP contribution in [0.3, 0.4) is 0 Å². The minimum atomic E-state index is -0.00314. The van der Waals surface area contributed by atoms with Crippen LogP contribution in [0, 0.1) is 5.92 Å². The van der Waals surface area contributed by atoms with Crippen molar-refractivity contribution in [2.75, 3.05) is 18.0 Å². The van der Waals surface area contributed by atoms with Crippen molar-refractivity contribution in [3.8, 4) is 0 Å². The molecule has 5 rings (SSSR count). The fraction of sp³-hybridized carbons (Fsp3) is 0.360. The van der Waals surface area contributed by atoms with Crippen LogP contribution >= 0.6 is 0 Å². The maximum absolute atomic E-state index is 13.4. The summed E-state index contributed by atoms with van der Waals surface area (Å²) in [6.45, 7) is 4.30. The van der Waals surface area contributed by atoms with Crippen LogP contribution in [0.2, 0.25) is 0 Å². The Morgan fingerprint density at radius 1 is 1.10 bits per heavy atom. The number of fused-ring (bicyclic) bond motifs is 2. The first-order valence-electron chi connectivity index (χ1n) is 10.7. The summed E-state index contributed by atoms with van der Waals surface area (Å²) >= 11 is 0. The number of aryl methyl sites for hydroxylation is 1. The van der Waals surface area contributed by atoms with E-state index in [-0.39, 0.29) is 11.9 Å². The van der Waals surface area contributed by atoms with E-state index < -0.39 is 0 Å². The summed E-state index contributed by atoms with van der Waals surface area (Å²) < 4.78 is 0. The Bertz CT molecular complexity index is 1060. The van der Waals surface area contributed by atoms with Gasteiger partial charge in [-0.25, -0.2) is 4.98 Å². The molecule has 29 heavy (non-hydrogen) atoms. The molecule has 1 aliphatic heterocycles. The molecule has 2 aromatic carbocycles. The number of benzene rings is 2. The minimum absolute atomic E-state index is 0.00314. The predicted octanol–water partition coefficient (Wildman–Crippen LogP) is 4.89. The highest BCUT2D eigenvalue weighted by molar-refractivity contribution is 6.07. The molecular weight excluding hydrogens is 358 g/mol. The number of hydrogen-bond donors (Lipinski definition) is 1. The van der Waals surface area contributed by atoms with Gasteiger partial charge in [-0.1, -0.05) is 49.4 Å². The van der Waals surface area contributed by atoms with E-state index in [0.29, 0.717) is 5.92 Å². The quantitative estimate of drug-likeness (QED) is 0.698. The highest BCUT2D eigenvalue weighted by atomic mass is 16.1. The fourth-order valence-electron chi connectivity index (χ4n) is 4.85. The van der Waals surface area contributed by atoms with Gasteiger partial charge in [0.1, 0.15) is 5.82 Å². The highest BCUT2D eigenvalue weighted by Crippen LogP contribution is 2.32. The fourth-order valence-corrected chi connectivity index (χ4v) is 4.85. The Morgan fingerprint density at radius 2 is 1.93 bits per heavy atom. The molecule has 1 aromatic heterocycles. The van der Waals surface area contributed by atoms with Crippen molar-refractivity contribution in [3.63, 3.8) is 0 Å². The second kappa shape index (κ2) is 7.51. The SMILES string of the molecule is CC1CCCN(c2cc(C(=O)NC3CCc4ccccc43)c3ccccc3n2)C1. The standard InChI is InChI=1S/C25H27N3O/c1-17-7-6-14-28(16-17)24-15-21(20-10-4-5-11-22(20)26-24)25(29)27-23-13-12-18-8-2-3-9-19(18)23/h2-5,8-11,15,17,23H,6-7,12-14,16H2,1H3,(H,27,29). The van der Waals surface area contributed by atoms with E-state index in [1.165, 1.54) is 24.0 Å². The number of amides is 1. The van der Waals surface area contributed by atoms with Crippen molar-refractivity contribution in [2.24, 2.45) is 5.92 Å². The first-order chi connectivity index (χ1) is 14.2. The number of piperidine rings is 1. The van der Waals surface area contributed by atoms with Gasteiger partial charge >= 0.3 is 0 Å². The molecule has 2 aliphatic rings. The van der Waals surface area contributed by atoms with Gasteiger partial charge in [0.15, 0.2) is 0 Å². The van der Waals surface area contributed by atoms with E-state index in [2.05, 4.69) is 41.4 Å². The van der Waals surface area contributed by atoms with Gasteiger partial charge in [-0.2, -0.15) is 0 Å². The number of carbonyl (C=O) groups excluding carboxylic acids is 1. The maximum atomic E-state index is 13.4. The molecule has 2 atom stereocenters. The Hall–Kier alpha value is -2.88. The van der Waals surface area contributed by atoms with E-state index in [1.54, 1.807) is 0 Å². The number of para-hydroxylation sites is 1. The number of carbonyl (C=O) groups is 1.